The summed E-state index contributed by atoms with van der Waals surface area (Å²) in [5, 5.41) is 12.6. The minimum atomic E-state index is -0.960. The molecule has 152 valence electrons. The average Bonchev–Trinajstić information content (AvgIpc) is 2.64. The number of ether oxygens (including phenoxy) is 1. The van der Waals surface area contributed by atoms with Gasteiger partial charge in [-0.05, 0) is 81.1 Å². The Morgan fingerprint density at radius 2 is 1.79 bits per heavy atom. The Bertz CT molecular complexity index is 1050. The number of carbonyl (C=O) groups is 1. The fourth-order valence-electron chi connectivity index (χ4n) is 3.33. The number of benzene rings is 2. The number of fused-ring (bicyclic) bond motifs is 1. The first-order chi connectivity index (χ1) is 13.6. The van der Waals surface area contributed by atoms with E-state index in [9.17, 15) is 9.90 Å². The van der Waals surface area contributed by atoms with Gasteiger partial charge in [0.2, 0.25) is 0 Å². The highest BCUT2D eigenvalue weighted by atomic mass is 35.5. The third kappa shape index (κ3) is 4.60. The molecule has 0 bridgehead atoms. The van der Waals surface area contributed by atoms with Crippen LogP contribution in [0.3, 0.4) is 0 Å². The van der Waals surface area contributed by atoms with Crippen LogP contribution in [0, 0.1) is 19.3 Å². The van der Waals surface area contributed by atoms with Crippen LogP contribution in [0.15, 0.2) is 42.5 Å². The fraction of sp³-hybridized carbons (Fsp3) is 0.333. The molecule has 1 heterocycles. The predicted molar refractivity (Wildman–Crippen MR) is 117 cm³/mol. The molecule has 0 amide bonds. The molecule has 29 heavy (non-hydrogen) atoms. The Balaban J connectivity index is 2.14. The highest BCUT2D eigenvalue weighted by molar-refractivity contribution is 6.30. The van der Waals surface area contributed by atoms with Gasteiger partial charge in [-0.1, -0.05) is 29.8 Å². The zero-order valence-corrected chi connectivity index (χ0v) is 18.2. The summed E-state index contributed by atoms with van der Waals surface area (Å²) in [4.78, 5) is 16.8. The summed E-state index contributed by atoms with van der Waals surface area (Å²) in [6, 6.07) is 13.4. The Morgan fingerprint density at radius 1 is 1.14 bits per heavy atom. The van der Waals surface area contributed by atoms with E-state index in [4.69, 9.17) is 16.3 Å². The lowest BCUT2D eigenvalue weighted by Gasteiger charge is -2.23. The fourth-order valence-corrected chi connectivity index (χ4v) is 3.46. The van der Waals surface area contributed by atoms with Crippen molar-refractivity contribution in [2.24, 2.45) is 5.41 Å². The maximum Gasteiger partial charge on any atom is 0.311 e. The number of carbonyl (C=O) groups excluding carboxylic acids is 1. The molecule has 5 heteroatoms. The zero-order chi connectivity index (χ0) is 21.3. The third-order valence-corrected chi connectivity index (χ3v) is 5.08. The molecule has 1 N–H and O–H groups in total. The second kappa shape index (κ2) is 8.13. The molecule has 1 aromatic heterocycles. The second-order valence-electron chi connectivity index (χ2n) is 8.37. The number of aliphatic hydroxyl groups is 1. The van der Waals surface area contributed by atoms with E-state index in [1.54, 1.807) is 20.8 Å². The van der Waals surface area contributed by atoms with E-state index >= 15 is 0 Å². The van der Waals surface area contributed by atoms with Gasteiger partial charge < -0.3 is 9.84 Å². The summed E-state index contributed by atoms with van der Waals surface area (Å²) in [6.07, 6.45) is -0.960. The largest absolute Gasteiger partial charge is 0.462 e. The van der Waals surface area contributed by atoms with Crippen molar-refractivity contribution in [2.45, 2.75) is 40.7 Å². The minimum absolute atomic E-state index is 0.109. The van der Waals surface area contributed by atoms with Crippen molar-refractivity contribution in [2.75, 3.05) is 6.61 Å². The summed E-state index contributed by atoms with van der Waals surface area (Å²) in [7, 11) is 0. The Morgan fingerprint density at radius 3 is 2.41 bits per heavy atom. The van der Waals surface area contributed by atoms with E-state index in [1.165, 1.54) is 0 Å². The molecule has 3 rings (SSSR count). The third-order valence-electron chi connectivity index (χ3n) is 4.83. The molecule has 0 fully saturated rings. The van der Waals surface area contributed by atoms with Crippen LogP contribution in [0.2, 0.25) is 5.02 Å². The van der Waals surface area contributed by atoms with Crippen LogP contribution in [-0.2, 0) is 9.53 Å². The molecule has 3 aromatic rings. The van der Waals surface area contributed by atoms with Crippen LogP contribution in [-0.4, -0.2) is 22.7 Å². The van der Waals surface area contributed by atoms with Crippen LogP contribution in [0.5, 0.6) is 0 Å². The quantitative estimate of drug-likeness (QED) is 0.551. The highest BCUT2D eigenvalue weighted by Gasteiger charge is 2.26. The zero-order valence-electron chi connectivity index (χ0n) is 17.4. The second-order valence-corrected chi connectivity index (χ2v) is 8.81. The first-order valence-electron chi connectivity index (χ1n) is 9.60. The standard InChI is InChI=1S/C24H26ClNO3/c1-14-12-19-18(11-6-15(2)26-19)22(16-7-9-17(25)10-8-16)21(14)20(27)13-29-23(28)24(3,4)5/h6-12,20,27H,13H2,1-5H3/t20-/m1/s1. The summed E-state index contributed by atoms with van der Waals surface area (Å²) < 4.78 is 5.39. The van der Waals surface area contributed by atoms with Gasteiger partial charge in [0, 0.05) is 16.1 Å². The van der Waals surface area contributed by atoms with E-state index in [1.807, 2.05) is 56.3 Å². The topological polar surface area (TPSA) is 59.4 Å². The normalized spacial score (nSPS) is 12.8. The van der Waals surface area contributed by atoms with Gasteiger partial charge in [0.05, 0.1) is 10.9 Å². The van der Waals surface area contributed by atoms with Crippen LogP contribution < -0.4 is 0 Å². The van der Waals surface area contributed by atoms with Crippen LogP contribution in [0.1, 0.15) is 43.7 Å². The molecular formula is C24H26ClNO3. The lowest BCUT2D eigenvalue weighted by Crippen LogP contribution is -2.25. The van der Waals surface area contributed by atoms with Gasteiger partial charge in [0.25, 0.3) is 0 Å². The average molecular weight is 412 g/mol. The number of hydrogen-bond donors (Lipinski definition) is 1. The van der Waals surface area contributed by atoms with Gasteiger partial charge in [-0.25, -0.2) is 0 Å². The van der Waals surface area contributed by atoms with Gasteiger partial charge in [-0.3, -0.25) is 9.78 Å². The molecule has 0 aliphatic rings. The smallest absolute Gasteiger partial charge is 0.311 e. The molecule has 0 saturated heterocycles. The molecule has 0 unspecified atom stereocenters. The maximum absolute atomic E-state index is 12.2. The van der Waals surface area contributed by atoms with Gasteiger partial charge in [-0.15, -0.1) is 0 Å². The molecule has 0 saturated carbocycles. The molecule has 0 radical (unpaired) electrons. The molecule has 2 aromatic carbocycles. The predicted octanol–water partition coefficient (Wildman–Crippen LogP) is 5.79. The molecular weight excluding hydrogens is 386 g/mol. The molecule has 1 atom stereocenters. The Kier molecular flexibility index (Phi) is 5.97. The lowest BCUT2D eigenvalue weighted by molar-refractivity contribution is -0.156. The minimum Gasteiger partial charge on any atom is -0.462 e. The number of aliphatic hydroxyl groups excluding tert-OH is 1. The lowest BCUT2D eigenvalue weighted by atomic mass is 9.89. The summed E-state index contributed by atoms with van der Waals surface area (Å²) in [6.45, 7) is 9.14. The summed E-state index contributed by atoms with van der Waals surface area (Å²) in [5.41, 5.74) is 4.57. The summed E-state index contributed by atoms with van der Waals surface area (Å²) in [5.74, 6) is -0.347. The Hall–Kier alpha value is -2.43. The SMILES string of the molecule is Cc1ccc2c(-c3ccc(Cl)cc3)c([C@H](O)COC(=O)C(C)(C)C)c(C)cc2n1. The van der Waals surface area contributed by atoms with Gasteiger partial charge >= 0.3 is 5.97 Å². The van der Waals surface area contributed by atoms with Crippen molar-refractivity contribution in [3.63, 3.8) is 0 Å². The molecule has 0 aliphatic carbocycles. The van der Waals surface area contributed by atoms with E-state index < -0.39 is 11.5 Å². The number of nitrogens with zero attached hydrogens (tertiary/aromatic N) is 1. The number of pyridine rings is 1. The van der Waals surface area contributed by atoms with Crippen molar-refractivity contribution in [3.8, 4) is 11.1 Å². The first-order valence-corrected chi connectivity index (χ1v) is 9.98. The van der Waals surface area contributed by atoms with E-state index in [-0.39, 0.29) is 12.6 Å². The monoisotopic (exact) mass is 411 g/mol. The number of aromatic nitrogens is 1. The molecule has 0 spiro atoms. The summed E-state index contributed by atoms with van der Waals surface area (Å²) >= 11 is 6.08. The highest BCUT2D eigenvalue weighted by Crippen LogP contribution is 2.38. The van der Waals surface area contributed by atoms with Crippen molar-refractivity contribution >= 4 is 28.5 Å². The van der Waals surface area contributed by atoms with Gasteiger partial charge in [0.15, 0.2) is 0 Å². The Labute approximate surface area is 176 Å². The van der Waals surface area contributed by atoms with Crippen molar-refractivity contribution in [3.05, 3.63) is 64.3 Å². The van der Waals surface area contributed by atoms with E-state index in [2.05, 4.69) is 4.98 Å². The van der Waals surface area contributed by atoms with Crippen LogP contribution in [0.4, 0.5) is 0 Å². The van der Waals surface area contributed by atoms with E-state index in [0.29, 0.717) is 5.02 Å². The maximum atomic E-state index is 12.2. The van der Waals surface area contributed by atoms with Gasteiger partial charge in [-0.2, -0.15) is 0 Å². The first kappa shape index (κ1) is 21.3. The number of halogens is 1. The van der Waals surface area contributed by atoms with Crippen LogP contribution in [0.25, 0.3) is 22.0 Å². The van der Waals surface area contributed by atoms with Crippen molar-refractivity contribution < 1.29 is 14.6 Å². The number of rotatable bonds is 4. The van der Waals surface area contributed by atoms with Crippen molar-refractivity contribution in [1.29, 1.82) is 0 Å². The molecule has 0 aliphatic heterocycles. The van der Waals surface area contributed by atoms with Gasteiger partial charge in [0.1, 0.15) is 12.7 Å². The van der Waals surface area contributed by atoms with Crippen molar-refractivity contribution in [1.82, 2.24) is 4.98 Å². The van der Waals surface area contributed by atoms with Crippen LogP contribution >= 0.6 is 11.6 Å². The number of aryl methyl sites for hydroxylation is 2. The number of esters is 1. The number of hydrogen-bond acceptors (Lipinski definition) is 4. The molecule has 4 nitrogen and oxygen atoms in total. The van der Waals surface area contributed by atoms with E-state index in [0.717, 1.165) is 38.9 Å².